The van der Waals surface area contributed by atoms with Crippen LogP contribution in [0.1, 0.15) is 6.42 Å². The normalized spacial score (nSPS) is 13.9. The highest BCUT2D eigenvalue weighted by Gasteiger charge is 2.01. The van der Waals surface area contributed by atoms with E-state index in [4.69, 9.17) is 4.74 Å². The fourth-order valence-electron chi connectivity index (χ4n) is 0.380. The average Bonchev–Trinajstić information content (AvgIpc) is 1.83. The Labute approximate surface area is 77.8 Å². The van der Waals surface area contributed by atoms with Crippen LogP contribution in [0.4, 0.5) is 0 Å². The Morgan fingerprint density at radius 2 is 2.12 bits per heavy atom. The van der Waals surface area contributed by atoms with Crippen LogP contribution in [0.2, 0.25) is 0 Å². The van der Waals surface area contributed by atoms with Crippen molar-refractivity contribution in [3.05, 3.63) is 0 Å². The molecule has 0 spiro atoms. The lowest BCUT2D eigenvalue weighted by Crippen LogP contribution is -2.11. The minimum absolute atomic E-state index is 0.479. The Morgan fingerprint density at radius 3 is 2.25 bits per heavy atom. The van der Waals surface area contributed by atoms with Crippen molar-refractivity contribution in [1.82, 2.24) is 0 Å². The molecule has 0 aromatic heterocycles. The SMILES string of the molecule is CO[C@@H](CI)CCI. The predicted molar refractivity (Wildman–Crippen MR) is 53.2 cm³/mol. The maximum Gasteiger partial charge on any atom is 0.0668 e. The van der Waals surface area contributed by atoms with Gasteiger partial charge in [0.25, 0.3) is 0 Å². The molecule has 0 heterocycles. The smallest absolute Gasteiger partial charge is 0.0668 e. The summed E-state index contributed by atoms with van der Waals surface area (Å²) in [5.74, 6) is 0. The lowest BCUT2D eigenvalue weighted by molar-refractivity contribution is 0.123. The van der Waals surface area contributed by atoms with Crippen LogP contribution in [0.15, 0.2) is 0 Å². The number of alkyl halides is 2. The summed E-state index contributed by atoms with van der Waals surface area (Å²) in [4.78, 5) is 0. The molecule has 0 fully saturated rings. The third-order valence-electron chi connectivity index (χ3n) is 0.937. The molecule has 0 aliphatic heterocycles. The Morgan fingerprint density at radius 1 is 1.50 bits per heavy atom. The molecule has 1 nitrogen and oxygen atoms in total. The molecule has 8 heavy (non-hydrogen) atoms. The van der Waals surface area contributed by atoms with E-state index in [-0.39, 0.29) is 0 Å². The summed E-state index contributed by atoms with van der Waals surface area (Å²) in [6, 6.07) is 0. The van der Waals surface area contributed by atoms with Crippen molar-refractivity contribution in [3.8, 4) is 0 Å². The van der Waals surface area contributed by atoms with Crippen molar-refractivity contribution < 1.29 is 4.74 Å². The maximum absolute atomic E-state index is 5.13. The fourth-order valence-corrected chi connectivity index (χ4v) is 1.87. The molecular weight excluding hydrogens is 330 g/mol. The molecule has 0 radical (unpaired) electrons. The van der Waals surface area contributed by atoms with E-state index in [9.17, 15) is 0 Å². The molecule has 0 rings (SSSR count). The molecule has 0 aliphatic rings. The summed E-state index contributed by atoms with van der Waals surface area (Å²) >= 11 is 4.71. The van der Waals surface area contributed by atoms with Gasteiger partial charge in [-0.15, -0.1) is 0 Å². The van der Waals surface area contributed by atoms with Crippen molar-refractivity contribution in [2.45, 2.75) is 12.5 Å². The molecule has 0 aromatic carbocycles. The first-order chi connectivity index (χ1) is 3.85. The van der Waals surface area contributed by atoms with E-state index in [0.717, 1.165) is 4.43 Å². The average molecular weight is 340 g/mol. The molecule has 0 unspecified atom stereocenters. The first-order valence-electron chi connectivity index (χ1n) is 2.49. The van der Waals surface area contributed by atoms with Crippen LogP contribution in [0.3, 0.4) is 0 Å². The summed E-state index contributed by atoms with van der Waals surface area (Å²) in [5, 5.41) is 0. The van der Waals surface area contributed by atoms with E-state index in [1.165, 1.54) is 10.8 Å². The van der Waals surface area contributed by atoms with Gasteiger partial charge in [-0.3, -0.25) is 0 Å². The quantitative estimate of drug-likeness (QED) is 0.564. The van der Waals surface area contributed by atoms with Gasteiger partial charge in [0, 0.05) is 16.0 Å². The van der Waals surface area contributed by atoms with E-state index in [1.807, 2.05) is 0 Å². The molecular formula is C5H10I2O. The third-order valence-corrected chi connectivity index (χ3v) is 2.54. The van der Waals surface area contributed by atoms with Crippen LogP contribution in [-0.2, 0) is 4.74 Å². The lowest BCUT2D eigenvalue weighted by Gasteiger charge is -2.08. The molecule has 0 saturated carbocycles. The zero-order chi connectivity index (χ0) is 6.41. The van der Waals surface area contributed by atoms with Gasteiger partial charge in [-0.25, -0.2) is 0 Å². The molecule has 0 aromatic rings. The molecule has 0 aliphatic carbocycles. The first-order valence-corrected chi connectivity index (χ1v) is 5.55. The minimum atomic E-state index is 0.479. The van der Waals surface area contributed by atoms with Crippen molar-refractivity contribution in [1.29, 1.82) is 0 Å². The Bertz CT molecular complexity index is 45.7. The molecule has 0 bridgehead atoms. The van der Waals surface area contributed by atoms with Crippen LogP contribution in [0.25, 0.3) is 0 Å². The summed E-state index contributed by atoms with van der Waals surface area (Å²) in [7, 11) is 1.77. The van der Waals surface area contributed by atoms with Gasteiger partial charge in [0.15, 0.2) is 0 Å². The second kappa shape index (κ2) is 6.54. The second-order valence-corrected chi connectivity index (χ2v) is 3.45. The summed E-state index contributed by atoms with van der Waals surface area (Å²) in [6.07, 6.45) is 1.66. The van der Waals surface area contributed by atoms with E-state index in [0.29, 0.717) is 6.10 Å². The first kappa shape index (κ1) is 9.42. The van der Waals surface area contributed by atoms with E-state index in [1.54, 1.807) is 7.11 Å². The monoisotopic (exact) mass is 340 g/mol. The number of ether oxygens (including phenoxy) is 1. The maximum atomic E-state index is 5.13. The zero-order valence-corrected chi connectivity index (χ0v) is 9.18. The highest BCUT2D eigenvalue weighted by Crippen LogP contribution is 2.03. The minimum Gasteiger partial charge on any atom is -0.381 e. The van der Waals surface area contributed by atoms with Gasteiger partial charge < -0.3 is 4.74 Å². The van der Waals surface area contributed by atoms with E-state index in [2.05, 4.69) is 45.2 Å². The topological polar surface area (TPSA) is 9.23 Å². The molecule has 50 valence electrons. The number of hydrogen-bond acceptors (Lipinski definition) is 1. The van der Waals surface area contributed by atoms with Gasteiger partial charge in [-0.1, -0.05) is 45.2 Å². The Hall–Kier alpha value is 1.42. The molecule has 1 atom stereocenters. The molecule has 3 heteroatoms. The number of hydrogen-bond donors (Lipinski definition) is 0. The van der Waals surface area contributed by atoms with Crippen LogP contribution in [0.5, 0.6) is 0 Å². The standard InChI is InChI=1S/C5H10I2O/c1-8-5(4-7)2-3-6/h5H,2-4H2,1H3/t5-/m1/s1. The van der Waals surface area contributed by atoms with Crippen LogP contribution in [-0.4, -0.2) is 22.1 Å². The molecule has 0 amide bonds. The largest absolute Gasteiger partial charge is 0.381 e. The highest BCUT2D eigenvalue weighted by molar-refractivity contribution is 14.1. The predicted octanol–water partition coefficient (Wildman–Crippen LogP) is 2.26. The summed E-state index contributed by atoms with van der Waals surface area (Å²) in [6.45, 7) is 0. The number of methoxy groups -OCH3 is 1. The van der Waals surface area contributed by atoms with Gasteiger partial charge in [0.05, 0.1) is 6.10 Å². The second-order valence-electron chi connectivity index (χ2n) is 1.49. The van der Waals surface area contributed by atoms with Crippen molar-refractivity contribution in [2.24, 2.45) is 0 Å². The number of halogens is 2. The van der Waals surface area contributed by atoms with E-state index >= 15 is 0 Å². The van der Waals surface area contributed by atoms with Gasteiger partial charge >= 0.3 is 0 Å². The molecule has 0 saturated heterocycles. The van der Waals surface area contributed by atoms with Gasteiger partial charge in [-0.05, 0) is 6.42 Å². The summed E-state index contributed by atoms with van der Waals surface area (Å²) < 4.78 is 7.43. The summed E-state index contributed by atoms with van der Waals surface area (Å²) in [5.41, 5.74) is 0. The van der Waals surface area contributed by atoms with Crippen LogP contribution >= 0.6 is 45.2 Å². The van der Waals surface area contributed by atoms with Crippen LogP contribution < -0.4 is 0 Å². The highest BCUT2D eigenvalue weighted by atomic mass is 127. The van der Waals surface area contributed by atoms with Gasteiger partial charge in [0.2, 0.25) is 0 Å². The molecule has 0 N–H and O–H groups in total. The Kier molecular flexibility index (Phi) is 7.70. The zero-order valence-electron chi connectivity index (χ0n) is 4.86. The fraction of sp³-hybridized carbons (Fsp3) is 1.00. The van der Waals surface area contributed by atoms with Gasteiger partial charge in [0.1, 0.15) is 0 Å². The van der Waals surface area contributed by atoms with Crippen molar-refractivity contribution in [3.63, 3.8) is 0 Å². The van der Waals surface area contributed by atoms with Crippen molar-refractivity contribution in [2.75, 3.05) is 16.0 Å². The van der Waals surface area contributed by atoms with Gasteiger partial charge in [-0.2, -0.15) is 0 Å². The Balaban J connectivity index is 3.07. The van der Waals surface area contributed by atoms with Crippen LogP contribution in [0, 0.1) is 0 Å². The van der Waals surface area contributed by atoms with E-state index < -0.39 is 0 Å². The lowest BCUT2D eigenvalue weighted by atomic mass is 10.3. The number of rotatable bonds is 4. The van der Waals surface area contributed by atoms with Crippen molar-refractivity contribution >= 4 is 45.2 Å². The third kappa shape index (κ3) is 4.31.